The van der Waals surface area contributed by atoms with Crippen LogP contribution >= 0.6 is 15.9 Å². The molecule has 0 spiro atoms. The van der Waals surface area contributed by atoms with Gasteiger partial charge in [0.15, 0.2) is 0 Å². The minimum Gasteiger partial charge on any atom is -0.314 e. The Labute approximate surface area is 111 Å². The highest BCUT2D eigenvalue weighted by Crippen LogP contribution is 2.51. The van der Waals surface area contributed by atoms with Crippen molar-refractivity contribution < 1.29 is 4.39 Å². The molecule has 0 saturated heterocycles. The summed E-state index contributed by atoms with van der Waals surface area (Å²) in [7, 11) is 0. The Hall–Kier alpha value is -0.410. The largest absolute Gasteiger partial charge is 0.314 e. The second-order valence-corrected chi connectivity index (χ2v) is 5.97. The van der Waals surface area contributed by atoms with Crippen molar-refractivity contribution in [2.75, 3.05) is 6.54 Å². The van der Waals surface area contributed by atoms with Crippen molar-refractivity contribution in [3.8, 4) is 0 Å². The average molecular weight is 300 g/mol. The number of hydrogen-bond donors (Lipinski definition) is 1. The summed E-state index contributed by atoms with van der Waals surface area (Å²) >= 11 is 3.41. The molecule has 1 aromatic rings. The van der Waals surface area contributed by atoms with Gasteiger partial charge in [-0.3, -0.25) is 0 Å². The standard InChI is InChI=1S/C14H19BrFN/c1-3-17-10(2)14(6-7-14)9-11-8-12(15)4-5-13(11)16/h4-5,8,10,17H,3,6-7,9H2,1-2H3. The number of nitrogens with one attached hydrogen (secondary N) is 1. The van der Waals surface area contributed by atoms with Crippen LogP contribution in [0.4, 0.5) is 4.39 Å². The monoisotopic (exact) mass is 299 g/mol. The van der Waals surface area contributed by atoms with Crippen LogP contribution in [0.3, 0.4) is 0 Å². The zero-order valence-corrected chi connectivity index (χ0v) is 12.0. The summed E-state index contributed by atoms with van der Waals surface area (Å²) in [6, 6.07) is 5.68. The van der Waals surface area contributed by atoms with Crippen molar-refractivity contribution in [2.24, 2.45) is 5.41 Å². The molecule has 94 valence electrons. The minimum absolute atomic E-state index is 0.0804. The zero-order valence-electron chi connectivity index (χ0n) is 10.4. The Bertz CT molecular complexity index is 401. The molecule has 0 bridgehead atoms. The molecule has 17 heavy (non-hydrogen) atoms. The molecule has 1 unspecified atom stereocenters. The van der Waals surface area contributed by atoms with E-state index in [0.29, 0.717) is 6.04 Å². The van der Waals surface area contributed by atoms with E-state index in [4.69, 9.17) is 0 Å². The van der Waals surface area contributed by atoms with Crippen molar-refractivity contribution in [2.45, 2.75) is 39.2 Å². The maximum absolute atomic E-state index is 13.7. The third-order valence-electron chi connectivity index (χ3n) is 3.87. The Morgan fingerprint density at radius 3 is 2.76 bits per heavy atom. The molecule has 1 aliphatic rings. The van der Waals surface area contributed by atoms with Gasteiger partial charge in [0.2, 0.25) is 0 Å². The van der Waals surface area contributed by atoms with Gasteiger partial charge in [-0.05, 0) is 61.9 Å². The van der Waals surface area contributed by atoms with Crippen LogP contribution in [0.2, 0.25) is 0 Å². The Morgan fingerprint density at radius 2 is 2.18 bits per heavy atom. The molecule has 1 fully saturated rings. The van der Waals surface area contributed by atoms with Gasteiger partial charge in [-0.25, -0.2) is 4.39 Å². The van der Waals surface area contributed by atoms with Crippen molar-refractivity contribution in [3.05, 3.63) is 34.1 Å². The molecule has 0 heterocycles. The predicted molar refractivity (Wildman–Crippen MR) is 72.6 cm³/mol. The summed E-state index contributed by atoms with van der Waals surface area (Å²) in [5.41, 5.74) is 1.11. The van der Waals surface area contributed by atoms with Crippen LogP contribution in [0, 0.1) is 11.2 Å². The Balaban J connectivity index is 2.12. The number of halogens is 2. The zero-order chi connectivity index (χ0) is 12.5. The molecule has 0 amide bonds. The van der Waals surface area contributed by atoms with Crippen LogP contribution in [0.5, 0.6) is 0 Å². The predicted octanol–water partition coefficient (Wildman–Crippen LogP) is 3.91. The molecule has 1 aliphatic carbocycles. The van der Waals surface area contributed by atoms with Gasteiger partial charge in [0, 0.05) is 10.5 Å². The van der Waals surface area contributed by atoms with E-state index in [1.165, 1.54) is 12.8 Å². The van der Waals surface area contributed by atoms with E-state index in [9.17, 15) is 4.39 Å². The number of rotatable bonds is 5. The third-order valence-corrected chi connectivity index (χ3v) is 4.36. The van der Waals surface area contributed by atoms with E-state index in [1.54, 1.807) is 12.1 Å². The lowest BCUT2D eigenvalue weighted by Crippen LogP contribution is -2.36. The van der Waals surface area contributed by atoms with Gasteiger partial charge in [-0.1, -0.05) is 22.9 Å². The molecular formula is C14H19BrFN. The van der Waals surface area contributed by atoms with Crippen LogP contribution in [0.25, 0.3) is 0 Å². The first-order valence-electron chi connectivity index (χ1n) is 6.25. The average Bonchev–Trinajstić information content (AvgIpc) is 3.05. The summed E-state index contributed by atoms with van der Waals surface area (Å²) in [5, 5.41) is 3.47. The highest BCUT2D eigenvalue weighted by atomic mass is 79.9. The molecule has 3 heteroatoms. The summed E-state index contributed by atoms with van der Waals surface area (Å²) in [6.45, 7) is 5.31. The van der Waals surface area contributed by atoms with Gasteiger partial charge in [-0.15, -0.1) is 0 Å². The fourth-order valence-electron chi connectivity index (χ4n) is 2.50. The molecule has 1 saturated carbocycles. The summed E-state index contributed by atoms with van der Waals surface area (Å²) in [5.74, 6) is -0.0804. The molecule has 1 nitrogen and oxygen atoms in total. The molecule has 0 radical (unpaired) electrons. The van der Waals surface area contributed by atoms with Gasteiger partial charge in [0.25, 0.3) is 0 Å². The topological polar surface area (TPSA) is 12.0 Å². The van der Waals surface area contributed by atoms with Gasteiger partial charge < -0.3 is 5.32 Å². The van der Waals surface area contributed by atoms with Crippen LogP contribution in [-0.4, -0.2) is 12.6 Å². The number of benzene rings is 1. The maximum Gasteiger partial charge on any atom is 0.126 e. The first-order chi connectivity index (χ1) is 8.07. The van der Waals surface area contributed by atoms with E-state index in [2.05, 4.69) is 35.1 Å². The third kappa shape index (κ3) is 2.89. The SMILES string of the molecule is CCNC(C)C1(Cc2cc(Br)ccc2F)CC1. The van der Waals surface area contributed by atoms with E-state index in [-0.39, 0.29) is 11.2 Å². The van der Waals surface area contributed by atoms with E-state index in [0.717, 1.165) is 23.0 Å². The lowest BCUT2D eigenvalue weighted by Gasteiger charge is -2.24. The quantitative estimate of drug-likeness (QED) is 0.869. The smallest absolute Gasteiger partial charge is 0.126 e. The van der Waals surface area contributed by atoms with Gasteiger partial charge in [0.1, 0.15) is 5.82 Å². The van der Waals surface area contributed by atoms with Crippen molar-refractivity contribution >= 4 is 15.9 Å². The Kier molecular flexibility index (Phi) is 3.88. The van der Waals surface area contributed by atoms with Crippen LogP contribution in [0.1, 0.15) is 32.3 Å². The molecule has 2 rings (SSSR count). The fraction of sp³-hybridized carbons (Fsp3) is 0.571. The first-order valence-corrected chi connectivity index (χ1v) is 7.04. The lowest BCUT2D eigenvalue weighted by molar-refractivity contribution is 0.351. The van der Waals surface area contributed by atoms with Crippen molar-refractivity contribution in [1.29, 1.82) is 0 Å². The molecule has 1 atom stereocenters. The van der Waals surface area contributed by atoms with E-state index < -0.39 is 0 Å². The first kappa shape index (κ1) is 13.0. The molecule has 1 N–H and O–H groups in total. The summed E-state index contributed by atoms with van der Waals surface area (Å²) in [6.07, 6.45) is 3.24. The minimum atomic E-state index is -0.0804. The van der Waals surface area contributed by atoms with Crippen molar-refractivity contribution in [3.63, 3.8) is 0 Å². The highest BCUT2D eigenvalue weighted by molar-refractivity contribution is 9.10. The highest BCUT2D eigenvalue weighted by Gasteiger charge is 2.47. The molecule has 0 aromatic heterocycles. The molecule has 1 aromatic carbocycles. The number of hydrogen-bond acceptors (Lipinski definition) is 1. The summed E-state index contributed by atoms with van der Waals surface area (Å²) < 4.78 is 14.7. The van der Waals surface area contributed by atoms with Gasteiger partial charge in [-0.2, -0.15) is 0 Å². The maximum atomic E-state index is 13.7. The Morgan fingerprint density at radius 1 is 1.47 bits per heavy atom. The van der Waals surface area contributed by atoms with Crippen LogP contribution in [-0.2, 0) is 6.42 Å². The van der Waals surface area contributed by atoms with Crippen LogP contribution < -0.4 is 5.32 Å². The second-order valence-electron chi connectivity index (χ2n) is 5.05. The summed E-state index contributed by atoms with van der Waals surface area (Å²) in [4.78, 5) is 0. The van der Waals surface area contributed by atoms with E-state index in [1.807, 2.05) is 6.07 Å². The second kappa shape index (κ2) is 5.07. The van der Waals surface area contributed by atoms with Gasteiger partial charge >= 0.3 is 0 Å². The fourth-order valence-corrected chi connectivity index (χ4v) is 2.91. The van der Waals surface area contributed by atoms with Crippen LogP contribution in [0.15, 0.2) is 22.7 Å². The van der Waals surface area contributed by atoms with E-state index >= 15 is 0 Å². The van der Waals surface area contributed by atoms with Crippen molar-refractivity contribution in [1.82, 2.24) is 5.32 Å². The van der Waals surface area contributed by atoms with Gasteiger partial charge in [0.05, 0.1) is 0 Å². The molecule has 0 aliphatic heterocycles. The molecular weight excluding hydrogens is 281 g/mol. The normalized spacial score (nSPS) is 19.1. The lowest BCUT2D eigenvalue weighted by atomic mass is 9.89.